The molecule has 7 heteroatoms. The smallest absolute Gasteiger partial charge is 0.200 e. The van der Waals surface area contributed by atoms with Crippen LogP contribution in [0.15, 0.2) is 28.7 Å². The summed E-state index contributed by atoms with van der Waals surface area (Å²) in [4.78, 5) is 2.01. The van der Waals surface area contributed by atoms with Crippen molar-refractivity contribution in [2.75, 3.05) is 11.9 Å². The Bertz CT molecular complexity index is 778. The molecule has 108 valence electrons. The molecule has 0 aromatic carbocycles. The van der Waals surface area contributed by atoms with Crippen molar-refractivity contribution in [3.05, 3.63) is 35.8 Å². The summed E-state index contributed by atoms with van der Waals surface area (Å²) in [6.45, 7) is 2.92. The van der Waals surface area contributed by atoms with Crippen LogP contribution in [0.2, 0.25) is 0 Å². The van der Waals surface area contributed by atoms with Crippen molar-refractivity contribution in [1.82, 2.24) is 25.3 Å². The van der Waals surface area contributed by atoms with Crippen LogP contribution < -0.4 is 4.90 Å². The highest BCUT2D eigenvalue weighted by atomic mass is 16.3. The molecule has 1 fully saturated rings. The third-order valence-corrected chi connectivity index (χ3v) is 4.00. The van der Waals surface area contributed by atoms with Crippen LogP contribution in [0.25, 0.3) is 5.65 Å². The van der Waals surface area contributed by atoms with E-state index in [1.54, 1.807) is 0 Å². The molecule has 0 spiro atoms. The fourth-order valence-electron chi connectivity index (χ4n) is 2.56. The SMILES string of the molecule is C[C@H]1C[C@H]1c1ccc(CN(C)c2ccc3nnnn3n2)o1. The molecule has 3 heterocycles. The van der Waals surface area contributed by atoms with E-state index in [1.807, 2.05) is 30.1 Å². The monoisotopic (exact) mass is 284 g/mol. The van der Waals surface area contributed by atoms with Crippen LogP contribution in [0.5, 0.6) is 0 Å². The summed E-state index contributed by atoms with van der Waals surface area (Å²) in [5, 5.41) is 15.6. The molecule has 2 atom stereocenters. The zero-order valence-corrected chi connectivity index (χ0v) is 12.0. The maximum absolute atomic E-state index is 5.93. The average Bonchev–Trinajstić information content (AvgIpc) is 2.92. The summed E-state index contributed by atoms with van der Waals surface area (Å²) < 4.78 is 7.35. The van der Waals surface area contributed by atoms with Crippen molar-refractivity contribution in [3.8, 4) is 0 Å². The summed E-state index contributed by atoms with van der Waals surface area (Å²) in [5.74, 6) is 4.22. The van der Waals surface area contributed by atoms with Crippen molar-refractivity contribution in [2.45, 2.75) is 25.8 Å². The zero-order chi connectivity index (χ0) is 14.4. The van der Waals surface area contributed by atoms with Crippen LogP contribution >= 0.6 is 0 Å². The van der Waals surface area contributed by atoms with E-state index in [1.165, 1.54) is 11.1 Å². The molecule has 4 rings (SSSR count). The largest absolute Gasteiger partial charge is 0.464 e. The molecule has 0 amide bonds. The molecule has 0 saturated heterocycles. The van der Waals surface area contributed by atoms with Crippen LogP contribution in [0, 0.1) is 5.92 Å². The predicted octanol–water partition coefficient (Wildman–Crippen LogP) is 1.87. The van der Waals surface area contributed by atoms with E-state index in [4.69, 9.17) is 4.42 Å². The lowest BCUT2D eigenvalue weighted by Crippen LogP contribution is -2.18. The molecule has 1 aliphatic rings. The number of hydrogen-bond acceptors (Lipinski definition) is 6. The molecule has 1 saturated carbocycles. The molecular formula is C14H16N6O. The summed E-state index contributed by atoms with van der Waals surface area (Å²) in [5.41, 5.74) is 0.634. The molecule has 0 unspecified atom stereocenters. The predicted molar refractivity (Wildman–Crippen MR) is 75.9 cm³/mol. The van der Waals surface area contributed by atoms with Crippen LogP contribution in [-0.4, -0.2) is 32.3 Å². The molecule has 3 aromatic heterocycles. The first-order chi connectivity index (χ1) is 10.2. The standard InChI is InChI=1S/C14H16N6O/c1-9-7-11(9)12-4-3-10(21-12)8-19(2)14-6-5-13-15-17-18-20(13)16-14/h3-6,9,11H,7-8H2,1-2H3/t9-,11+/m0/s1. The van der Waals surface area contributed by atoms with Gasteiger partial charge in [-0.05, 0) is 47.0 Å². The van der Waals surface area contributed by atoms with E-state index in [0.717, 1.165) is 23.3 Å². The number of fused-ring (bicyclic) bond motifs is 1. The Morgan fingerprint density at radius 1 is 1.33 bits per heavy atom. The molecule has 1 aliphatic carbocycles. The molecule has 0 aliphatic heterocycles. The Morgan fingerprint density at radius 3 is 3.00 bits per heavy atom. The van der Waals surface area contributed by atoms with Gasteiger partial charge in [-0.3, -0.25) is 0 Å². The van der Waals surface area contributed by atoms with E-state index in [2.05, 4.69) is 33.6 Å². The van der Waals surface area contributed by atoms with Gasteiger partial charge in [-0.2, -0.15) is 0 Å². The quantitative estimate of drug-likeness (QED) is 0.728. The zero-order valence-electron chi connectivity index (χ0n) is 12.0. The normalized spacial score (nSPS) is 20.9. The molecule has 21 heavy (non-hydrogen) atoms. The number of anilines is 1. The van der Waals surface area contributed by atoms with Crippen molar-refractivity contribution < 1.29 is 4.42 Å². The number of rotatable bonds is 4. The van der Waals surface area contributed by atoms with Gasteiger partial charge in [-0.25, -0.2) is 0 Å². The second-order valence-electron chi connectivity index (χ2n) is 5.70. The third-order valence-electron chi connectivity index (χ3n) is 4.00. The maximum Gasteiger partial charge on any atom is 0.200 e. The molecular weight excluding hydrogens is 268 g/mol. The lowest BCUT2D eigenvalue weighted by molar-refractivity contribution is 0.460. The Hall–Kier alpha value is -2.44. The second-order valence-corrected chi connectivity index (χ2v) is 5.70. The van der Waals surface area contributed by atoms with Gasteiger partial charge in [0.25, 0.3) is 0 Å². The van der Waals surface area contributed by atoms with Crippen molar-refractivity contribution in [2.24, 2.45) is 5.92 Å². The molecule has 0 radical (unpaired) electrons. The number of furan rings is 1. The number of nitrogens with zero attached hydrogens (tertiary/aromatic N) is 6. The fourth-order valence-corrected chi connectivity index (χ4v) is 2.56. The van der Waals surface area contributed by atoms with Gasteiger partial charge >= 0.3 is 0 Å². The van der Waals surface area contributed by atoms with Crippen molar-refractivity contribution in [3.63, 3.8) is 0 Å². The van der Waals surface area contributed by atoms with Crippen LogP contribution in [0.3, 0.4) is 0 Å². The van der Waals surface area contributed by atoms with Gasteiger partial charge in [0.1, 0.15) is 11.5 Å². The van der Waals surface area contributed by atoms with Crippen molar-refractivity contribution in [1.29, 1.82) is 0 Å². The minimum Gasteiger partial charge on any atom is -0.464 e. The number of hydrogen-bond donors (Lipinski definition) is 0. The summed E-state index contributed by atoms with van der Waals surface area (Å²) in [7, 11) is 1.97. The first-order valence-corrected chi connectivity index (χ1v) is 7.06. The first kappa shape index (κ1) is 12.3. The number of aromatic nitrogens is 5. The Kier molecular flexibility index (Phi) is 2.66. The summed E-state index contributed by atoms with van der Waals surface area (Å²) in [6.07, 6.45) is 1.24. The Balaban J connectivity index is 1.51. The fraction of sp³-hybridized carbons (Fsp3) is 0.429. The summed E-state index contributed by atoms with van der Waals surface area (Å²) in [6, 6.07) is 7.89. The maximum atomic E-state index is 5.93. The van der Waals surface area contributed by atoms with Gasteiger partial charge in [-0.1, -0.05) is 6.92 Å². The number of tetrazole rings is 1. The van der Waals surface area contributed by atoms with Crippen molar-refractivity contribution >= 4 is 11.5 Å². The molecule has 0 bridgehead atoms. The van der Waals surface area contributed by atoms with Gasteiger partial charge in [0.2, 0.25) is 0 Å². The molecule has 7 nitrogen and oxygen atoms in total. The van der Waals surface area contributed by atoms with E-state index in [9.17, 15) is 0 Å². The van der Waals surface area contributed by atoms with Gasteiger partial charge < -0.3 is 9.32 Å². The second kappa shape index (κ2) is 4.54. The summed E-state index contributed by atoms with van der Waals surface area (Å²) >= 11 is 0. The van der Waals surface area contributed by atoms with Crippen LogP contribution in [0.1, 0.15) is 30.8 Å². The third kappa shape index (κ3) is 2.24. The van der Waals surface area contributed by atoms with Gasteiger partial charge in [0, 0.05) is 13.0 Å². The lowest BCUT2D eigenvalue weighted by atomic mass is 10.3. The van der Waals surface area contributed by atoms with Crippen LogP contribution in [0.4, 0.5) is 5.82 Å². The lowest BCUT2D eigenvalue weighted by Gasteiger charge is -2.15. The highest BCUT2D eigenvalue weighted by Gasteiger charge is 2.36. The van der Waals surface area contributed by atoms with E-state index < -0.39 is 0 Å². The highest BCUT2D eigenvalue weighted by Crippen LogP contribution is 2.47. The molecule has 3 aromatic rings. The Morgan fingerprint density at radius 2 is 2.19 bits per heavy atom. The average molecular weight is 284 g/mol. The Labute approximate surface area is 121 Å². The highest BCUT2D eigenvalue weighted by molar-refractivity contribution is 5.43. The minimum atomic E-state index is 0.611. The van der Waals surface area contributed by atoms with E-state index in [-0.39, 0.29) is 0 Å². The van der Waals surface area contributed by atoms with Gasteiger partial charge in [0.05, 0.1) is 6.54 Å². The van der Waals surface area contributed by atoms with E-state index in [0.29, 0.717) is 18.1 Å². The van der Waals surface area contributed by atoms with Crippen LogP contribution in [-0.2, 0) is 6.54 Å². The van der Waals surface area contributed by atoms with Gasteiger partial charge in [-0.15, -0.1) is 14.8 Å². The molecule has 0 N–H and O–H groups in total. The van der Waals surface area contributed by atoms with E-state index >= 15 is 0 Å². The van der Waals surface area contributed by atoms with Gasteiger partial charge in [0.15, 0.2) is 11.5 Å². The minimum absolute atomic E-state index is 0.611. The topological polar surface area (TPSA) is 72.4 Å². The first-order valence-electron chi connectivity index (χ1n) is 7.06.